The number of hydrogen-bond acceptors (Lipinski definition) is 4. The van der Waals surface area contributed by atoms with Crippen molar-refractivity contribution in [2.45, 2.75) is 13.8 Å². The molecule has 0 aromatic heterocycles. The molecule has 0 saturated carbocycles. The van der Waals surface area contributed by atoms with Crippen LogP contribution in [0.25, 0.3) is 0 Å². The van der Waals surface area contributed by atoms with E-state index in [1.165, 1.54) is 12.3 Å². The molecule has 2 aromatic rings. The minimum absolute atomic E-state index is 0.0812. The van der Waals surface area contributed by atoms with Gasteiger partial charge in [-0.25, -0.2) is 5.43 Å². The fourth-order valence-corrected chi connectivity index (χ4v) is 2.38. The molecule has 120 valence electrons. The molecule has 2 aromatic carbocycles. The van der Waals surface area contributed by atoms with Gasteiger partial charge in [0, 0.05) is 10.0 Å². The number of hydrogen-bond donors (Lipinski definition) is 2. The molecule has 23 heavy (non-hydrogen) atoms. The number of carbonyl (C=O) groups is 1. The highest BCUT2D eigenvalue weighted by atomic mass is 79.9. The van der Waals surface area contributed by atoms with E-state index in [1.807, 2.05) is 32.0 Å². The van der Waals surface area contributed by atoms with Gasteiger partial charge >= 0.3 is 0 Å². The Hall–Kier alpha value is -2.34. The summed E-state index contributed by atoms with van der Waals surface area (Å²) in [6.45, 7) is 3.80. The van der Waals surface area contributed by atoms with Gasteiger partial charge in [0.15, 0.2) is 6.61 Å². The van der Waals surface area contributed by atoms with Crippen molar-refractivity contribution in [2.24, 2.45) is 5.10 Å². The van der Waals surface area contributed by atoms with Crippen LogP contribution in [0.1, 0.15) is 16.7 Å². The number of phenols is 1. The van der Waals surface area contributed by atoms with Gasteiger partial charge in [0.1, 0.15) is 11.5 Å². The summed E-state index contributed by atoms with van der Waals surface area (Å²) in [6, 6.07) is 10.7. The maximum atomic E-state index is 11.7. The summed E-state index contributed by atoms with van der Waals surface area (Å²) in [5.41, 5.74) is 5.00. The van der Waals surface area contributed by atoms with Crippen LogP contribution in [0.3, 0.4) is 0 Å². The van der Waals surface area contributed by atoms with Gasteiger partial charge in [0.2, 0.25) is 0 Å². The van der Waals surface area contributed by atoms with E-state index in [9.17, 15) is 9.90 Å². The molecule has 2 rings (SSSR count). The number of nitrogens with zero attached hydrogens (tertiary/aromatic N) is 1. The third-order valence-corrected chi connectivity index (χ3v) is 3.44. The van der Waals surface area contributed by atoms with E-state index in [1.54, 1.807) is 12.1 Å². The zero-order valence-electron chi connectivity index (χ0n) is 12.8. The molecule has 0 aliphatic carbocycles. The average Bonchev–Trinajstić information content (AvgIpc) is 2.48. The number of hydrazone groups is 1. The molecule has 0 atom stereocenters. The molecule has 0 radical (unpaired) electrons. The highest BCUT2D eigenvalue weighted by molar-refractivity contribution is 9.10. The Kier molecular flexibility index (Phi) is 5.76. The lowest BCUT2D eigenvalue weighted by Crippen LogP contribution is -2.24. The smallest absolute Gasteiger partial charge is 0.277 e. The molecule has 0 saturated heterocycles. The second kappa shape index (κ2) is 7.78. The molecule has 6 heteroatoms. The van der Waals surface area contributed by atoms with Crippen LogP contribution in [0, 0.1) is 13.8 Å². The Morgan fingerprint density at radius 2 is 1.96 bits per heavy atom. The number of carbonyl (C=O) groups excluding carboxylic acids is 1. The molecule has 1 amide bonds. The third kappa shape index (κ3) is 5.41. The lowest BCUT2D eigenvalue weighted by Gasteiger charge is -2.07. The Bertz CT molecular complexity index is 724. The first kappa shape index (κ1) is 17.0. The van der Waals surface area contributed by atoms with Crippen molar-refractivity contribution in [1.29, 1.82) is 0 Å². The Morgan fingerprint density at radius 3 is 2.65 bits per heavy atom. The minimum Gasteiger partial charge on any atom is -0.507 e. The Morgan fingerprint density at radius 1 is 1.26 bits per heavy atom. The number of benzene rings is 2. The first-order valence-electron chi connectivity index (χ1n) is 6.95. The molecular formula is C17H17BrN2O3. The molecule has 2 N–H and O–H groups in total. The number of amides is 1. The maximum Gasteiger partial charge on any atom is 0.277 e. The van der Waals surface area contributed by atoms with Crippen LogP contribution in [0.4, 0.5) is 0 Å². The number of rotatable bonds is 5. The Balaban J connectivity index is 1.87. The molecule has 0 fully saturated rings. The van der Waals surface area contributed by atoms with Gasteiger partial charge in [-0.15, -0.1) is 0 Å². The number of halogens is 1. The maximum absolute atomic E-state index is 11.7. The van der Waals surface area contributed by atoms with Crippen molar-refractivity contribution < 1.29 is 14.6 Å². The molecule has 0 spiro atoms. The summed E-state index contributed by atoms with van der Waals surface area (Å²) in [7, 11) is 0. The highest BCUT2D eigenvalue weighted by Crippen LogP contribution is 2.20. The SMILES string of the molecule is Cc1cc(C)cc(OCC(=O)N/N=C\c2cc(Br)ccc2O)c1. The first-order valence-corrected chi connectivity index (χ1v) is 7.75. The molecule has 0 bridgehead atoms. The second-order valence-corrected chi connectivity index (χ2v) is 6.02. The normalized spacial score (nSPS) is 10.7. The summed E-state index contributed by atoms with van der Waals surface area (Å²) in [5, 5.41) is 13.5. The number of nitrogens with one attached hydrogen (secondary N) is 1. The minimum atomic E-state index is -0.380. The van der Waals surface area contributed by atoms with Gasteiger partial charge < -0.3 is 9.84 Å². The number of ether oxygens (including phenoxy) is 1. The van der Waals surface area contributed by atoms with Crippen LogP contribution in [0.5, 0.6) is 11.5 Å². The second-order valence-electron chi connectivity index (χ2n) is 5.11. The number of aromatic hydroxyl groups is 1. The standard InChI is InChI=1S/C17H17BrN2O3/c1-11-5-12(2)7-15(6-11)23-10-17(22)20-19-9-13-8-14(18)3-4-16(13)21/h3-9,21H,10H2,1-2H3,(H,20,22)/b19-9-. The quantitative estimate of drug-likeness (QED) is 0.621. The predicted octanol–water partition coefficient (Wildman–Crippen LogP) is 3.30. The summed E-state index contributed by atoms with van der Waals surface area (Å²) < 4.78 is 6.24. The predicted molar refractivity (Wildman–Crippen MR) is 93.0 cm³/mol. The van der Waals surface area contributed by atoms with Crippen molar-refractivity contribution in [3.63, 3.8) is 0 Å². The lowest BCUT2D eigenvalue weighted by molar-refractivity contribution is -0.123. The van der Waals surface area contributed by atoms with Crippen molar-refractivity contribution >= 4 is 28.1 Å². The van der Waals surface area contributed by atoms with Crippen LogP contribution >= 0.6 is 15.9 Å². The largest absolute Gasteiger partial charge is 0.507 e. The molecule has 0 unspecified atom stereocenters. The molecular weight excluding hydrogens is 360 g/mol. The zero-order chi connectivity index (χ0) is 16.8. The van der Waals surface area contributed by atoms with E-state index < -0.39 is 0 Å². The van der Waals surface area contributed by atoms with Crippen LogP contribution in [-0.4, -0.2) is 23.8 Å². The van der Waals surface area contributed by atoms with Gasteiger partial charge in [0.05, 0.1) is 6.21 Å². The van der Waals surface area contributed by atoms with Crippen LogP contribution in [0.15, 0.2) is 46.0 Å². The van der Waals surface area contributed by atoms with E-state index in [0.717, 1.165) is 15.6 Å². The van der Waals surface area contributed by atoms with Crippen molar-refractivity contribution in [3.8, 4) is 11.5 Å². The summed E-state index contributed by atoms with van der Waals surface area (Å²) >= 11 is 3.30. The van der Waals surface area contributed by atoms with E-state index in [-0.39, 0.29) is 18.3 Å². The van der Waals surface area contributed by atoms with Gasteiger partial charge in [0.25, 0.3) is 5.91 Å². The van der Waals surface area contributed by atoms with Gasteiger partial charge in [-0.3, -0.25) is 4.79 Å². The van der Waals surface area contributed by atoms with Crippen LogP contribution in [-0.2, 0) is 4.79 Å². The monoisotopic (exact) mass is 376 g/mol. The highest BCUT2D eigenvalue weighted by Gasteiger charge is 2.03. The third-order valence-electron chi connectivity index (χ3n) is 2.95. The lowest BCUT2D eigenvalue weighted by atomic mass is 10.1. The number of phenolic OH excluding ortho intramolecular Hbond substituents is 1. The first-order chi connectivity index (χ1) is 10.9. The summed E-state index contributed by atoms with van der Waals surface area (Å²) in [5.74, 6) is 0.346. The fourth-order valence-electron chi connectivity index (χ4n) is 2.00. The molecule has 0 aliphatic rings. The fraction of sp³-hybridized carbons (Fsp3) is 0.176. The van der Waals surface area contributed by atoms with E-state index in [4.69, 9.17) is 4.74 Å². The van der Waals surface area contributed by atoms with Crippen LogP contribution < -0.4 is 10.2 Å². The topological polar surface area (TPSA) is 70.9 Å². The van der Waals surface area contributed by atoms with E-state index >= 15 is 0 Å². The molecule has 0 aliphatic heterocycles. The molecule has 0 heterocycles. The number of aryl methyl sites for hydroxylation is 2. The summed E-state index contributed by atoms with van der Waals surface area (Å²) in [6.07, 6.45) is 1.37. The van der Waals surface area contributed by atoms with Gasteiger partial charge in [-0.1, -0.05) is 22.0 Å². The van der Waals surface area contributed by atoms with E-state index in [2.05, 4.69) is 26.5 Å². The van der Waals surface area contributed by atoms with Crippen LogP contribution in [0.2, 0.25) is 0 Å². The van der Waals surface area contributed by atoms with Crippen molar-refractivity contribution in [1.82, 2.24) is 5.43 Å². The Labute approximate surface area is 143 Å². The average molecular weight is 377 g/mol. The van der Waals surface area contributed by atoms with Crippen molar-refractivity contribution in [2.75, 3.05) is 6.61 Å². The van der Waals surface area contributed by atoms with E-state index in [0.29, 0.717) is 11.3 Å². The van der Waals surface area contributed by atoms with Gasteiger partial charge in [-0.2, -0.15) is 5.10 Å². The summed E-state index contributed by atoms with van der Waals surface area (Å²) in [4.78, 5) is 11.7. The van der Waals surface area contributed by atoms with Crippen molar-refractivity contribution in [3.05, 3.63) is 57.6 Å². The zero-order valence-corrected chi connectivity index (χ0v) is 14.4. The molecule has 5 nitrogen and oxygen atoms in total. The van der Waals surface area contributed by atoms with Gasteiger partial charge in [-0.05, 0) is 55.3 Å².